The van der Waals surface area contributed by atoms with E-state index in [1.165, 1.54) is 24.5 Å². The second kappa shape index (κ2) is 13.7. The highest BCUT2D eigenvalue weighted by molar-refractivity contribution is 7.91. The number of carbonyl (C=O) groups excluding carboxylic acids is 1. The molecule has 0 radical (unpaired) electrons. The Morgan fingerprint density at radius 3 is 2.02 bits per heavy atom. The van der Waals surface area contributed by atoms with Crippen molar-refractivity contribution in [2.45, 2.75) is 34.3 Å². The van der Waals surface area contributed by atoms with Gasteiger partial charge in [0.1, 0.15) is 11.8 Å². The minimum Gasteiger partial charge on any atom is -0.508 e. The monoisotopic (exact) mass is 721 g/mol. The number of para-hydroxylation sites is 1. The SMILES string of the molecule is Cc1ccccc1N1CCN(C(=O)C(Cc2ccc(O)cc2S(=O)(=O)c2nccc3ccccc23)NS(=O)(=O)c2nccc3ccccc23)CC1. The maximum absolute atomic E-state index is 14.4. The quantitative estimate of drug-likeness (QED) is 0.213. The summed E-state index contributed by atoms with van der Waals surface area (Å²) in [5.41, 5.74) is 2.30. The van der Waals surface area contributed by atoms with Crippen LogP contribution in [0.5, 0.6) is 5.75 Å². The fourth-order valence-electron chi connectivity index (χ4n) is 6.63. The van der Waals surface area contributed by atoms with Gasteiger partial charge in [-0.25, -0.2) is 26.8 Å². The van der Waals surface area contributed by atoms with Crippen LogP contribution in [0.2, 0.25) is 0 Å². The first-order valence-corrected chi connectivity index (χ1v) is 19.4. The Morgan fingerprint density at radius 2 is 1.35 bits per heavy atom. The topological polar surface area (TPSA) is 150 Å². The summed E-state index contributed by atoms with van der Waals surface area (Å²) in [5, 5.41) is 12.1. The van der Waals surface area contributed by atoms with Crippen LogP contribution in [0.4, 0.5) is 5.69 Å². The van der Waals surface area contributed by atoms with E-state index in [1.807, 2.05) is 31.2 Å². The Labute approximate surface area is 296 Å². The molecule has 4 aromatic carbocycles. The highest BCUT2D eigenvalue weighted by Gasteiger charge is 2.35. The molecule has 1 aliphatic rings. The molecule has 6 aromatic rings. The third-order valence-corrected chi connectivity index (χ3v) is 12.4. The lowest BCUT2D eigenvalue weighted by Crippen LogP contribution is -2.55. The number of carbonyl (C=O) groups is 1. The first-order valence-electron chi connectivity index (χ1n) is 16.4. The van der Waals surface area contributed by atoms with Gasteiger partial charge in [0, 0.05) is 55.0 Å². The van der Waals surface area contributed by atoms with Crippen molar-refractivity contribution in [3.05, 3.63) is 127 Å². The van der Waals surface area contributed by atoms with Crippen molar-refractivity contribution in [2.24, 2.45) is 0 Å². The van der Waals surface area contributed by atoms with E-state index in [9.17, 15) is 26.7 Å². The molecule has 1 amide bonds. The molecule has 1 unspecified atom stereocenters. The van der Waals surface area contributed by atoms with Crippen LogP contribution < -0.4 is 9.62 Å². The predicted molar refractivity (Wildman–Crippen MR) is 195 cm³/mol. The second-order valence-electron chi connectivity index (χ2n) is 12.4. The third kappa shape index (κ3) is 6.75. The average molecular weight is 722 g/mol. The summed E-state index contributed by atoms with van der Waals surface area (Å²) in [4.78, 5) is 26.3. The zero-order valence-corrected chi connectivity index (χ0v) is 29.3. The normalized spacial score (nSPS) is 14.5. The average Bonchev–Trinajstić information content (AvgIpc) is 3.14. The number of piperazine rings is 1. The Bertz CT molecular complexity index is 2490. The van der Waals surface area contributed by atoms with E-state index in [0.29, 0.717) is 47.7 Å². The van der Waals surface area contributed by atoms with Gasteiger partial charge in [0.15, 0.2) is 10.1 Å². The van der Waals surface area contributed by atoms with Gasteiger partial charge in [-0.1, -0.05) is 72.8 Å². The zero-order valence-electron chi connectivity index (χ0n) is 27.7. The van der Waals surface area contributed by atoms with Crippen LogP contribution in [-0.4, -0.2) is 74.9 Å². The molecule has 0 bridgehead atoms. The molecular weight excluding hydrogens is 687 g/mol. The number of phenols is 1. The second-order valence-corrected chi connectivity index (χ2v) is 15.9. The highest BCUT2D eigenvalue weighted by atomic mass is 32.2. The number of pyridine rings is 2. The highest BCUT2D eigenvalue weighted by Crippen LogP contribution is 2.32. The van der Waals surface area contributed by atoms with Gasteiger partial charge in [-0.05, 0) is 65.6 Å². The minimum atomic E-state index is -4.42. The fraction of sp³-hybridized carbons (Fsp3) is 0.184. The number of amides is 1. The van der Waals surface area contributed by atoms with E-state index in [-0.39, 0.29) is 32.7 Å². The van der Waals surface area contributed by atoms with Gasteiger partial charge in [-0.2, -0.15) is 4.72 Å². The van der Waals surface area contributed by atoms with Gasteiger partial charge >= 0.3 is 0 Å². The Kier molecular flexibility index (Phi) is 9.19. The number of aromatic hydroxyl groups is 1. The predicted octanol–water partition coefficient (Wildman–Crippen LogP) is 4.87. The molecule has 51 heavy (non-hydrogen) atoms. The van der Waals surface area contributed by atoms with Crippen LogP contribution in [0, 0.1) is 6.92 Å². The summed E-state index contributed by atoms with van der Waals surface area (Å²) in [6.07, 6.45) is 2.45. The summed E-state index contributed by atoms with van der Waals surface area (Å²) >= 11 is 0. The molecule has 0 saturated carbocycles. The summed E-state index contributed by atoms with van der Waals surface area (Å²) in [5.74, 6) is -0.823. The molecule has 3 heterocycles. The number of aryl methyl sites for hydroxylation is 1. The molecule has 0 spiro atoms. The van der Waals surface area contributed by atoms with E-state index < -0.39 is 31.8 Å². The van der Waals surface area contributed by atoms with Crippen LogP contribution in [-0.2, 0) is 31.1 Å². The number of anilines is 1. The largest absolute Gasteiger partial charge is 0.508 e. The molecule has 1 fully saturated rings. The van der Waals surface area contributed by atoms with Gasteiger partial charge in [0.2, 0.25) is 15.7 Å². The molecule has 1 aliphatic heterocycles. The van der Waals surface area contributed by atoms with E-state index in [0.717, 1.165) is 17.3 Å². The Balaban J connectivity index is 1.27. The number of hydrogen-bond acceptors (Lipinski definition) is 9. The van der Waals surface area contributed by atoms with Crippen molar-refractivity contribution in [3.8, 4) is 5.75 Å². The number of hydrogen-bond donors (Lipinski definition) is 2. The molecule has 1 atom stereocenters. The summed E-state index contributed by atoms with van der Waals surface area (Å²) in [7, 11) is -8.79. The fourth-order valence-corrected chi connectivity index (χ4v) is 9.63. The number of fused-ring (bicyclic) bond motifs is 2. The van der Waals surface area contributed by atoms with Crippen LogP contribution in [0.25, 0.3) is 21.5 Å². The van der Waals surface area contributed by atoms with Gasteiger partial charge in [0.25, 0.3) is 10.0 Å². The first-order chi connectivity index (χ1) is 24.5. The number of phenolic OH excluding ortho intramolecular Hbond substituents is 1. The number of rotatable bonds is 9. The van der Waals surface area contributed by atoms with Crippen LogP contribution in [0.1, 0.15) is 11.1 Å². The third-order valence-electron chi connectivity index (χ3n) is 9.19. The van der Waals surface area contributed by atoms with E-state index in [2.05, 4.69) is 19.6 Å². The van der Waals surface area contributed by atoms with Crippen molar-refractivity contribution in [2.75, 3.05) is 31.1 Å². The van der Waals surface area contributed by atoms with Crippen LogP contribution in [0.15, 0.2) is 130 Å². The van der Waals surface area contributed by atoms with Crippen LogP contribution >= 0.6 is 0 Å². The molecule has 2 N–H and O–H groups in total. The number of benzene rings is 4. The number of nitrogens with zero attached hydrogens (tertiary/aromatic N) is 4. The molecule has 2 aromatic heterocycles. The maximum Gasteiger partial charge on any atom is 0.259 e. The van der Waals surface area contributed by atoms with Gasteiger partial charge in [-0.15, -0.1) is 0 Å². The molecule has 11 nitrogen and oxygen atoms in total. The van der Waals surface area contributed by atoms with E-state index >= 15 is 0 Å². The van der Waals surface area contributed by atoms with Crippen LogP contribution in [0.3, 0.4) is 0 Å². The zero-order chi connectivity index (χ0) is 35.8. The summed E-state index contributed by atoms with van der Waals surface area (Å²) in [6.45, 7) is 3.70. The van der Waals surface area contributed by atoms with E-state index in [1.54, 1.807) is 65.6 Å². The van der Waals surface area contributed by atoms with Gasteiger partial charge < -0.3 is 14.9 Å². The molecular formula is C38H35N5O6S2. The lowest BCUT2D eigenvalue weighted by Gasteiger charge is -2.38. The number of nitrogens with one attached hydrogen (secondary N) is 1. The Morgan fingerprint density at radius 1 is 0.765 bits per heavy atom. The lowest BCUT2D eigenvalue weighted by molar-refractivity contribution is -0.133. The van der Waals surface area contributed by atoms with Crippen molar-refractivity contribution in [1.82, 2.24) is 19.6 Å². The molecule has 260 valence electrons. The molecule has 13 heteroatoms. The number of sulfonamides is 1. The number of aromatic nitrogens is 2. The molecule has 7 rings (SSSR count). The summed E-state index contributed by atoms with van der Waals surface area (Å²) in [6, 6.07) is 27.6. The van der Waals surface area contributed by atoms with Gasteiger partial charge in [0.05, 0.1) is 4.90 Å². The smallest absolute Gasteiger partial charge is 0.259 e. The lowest BCUT2D eigenvalue weighted by atomic mass is 10.0. The summed E-state index contributed by atoms with van der Waals surface area (Å²) < 4.78 is 59.4. The standard InChI is InChI=1S/C38H35N5O6S2/c1-26-8-2-7-13-34(26)42-20-22-43(23-21-42)38(45)33(41-51(48,49)37-32-12-6-4-10-28(32)17-19-40-37)24-29-14-15-30(44)25-35(29)50(46,47)36-31-11-5-3-9-27(31)16-18-39-36/h2-19,25,33,41,44H,20-24H2,1H3. The van der Waals surface area contributed by atoms with E-state index in [4.69, 9.17) is 0 Å². The number of sulfone groups is 1. The molecule has 1 saturated heterocycles. The maximum atomic E-state index is 14.4. The Hall–Kier alpha value is -5.37. The first kappa shape index (κ1) is 34.1. The van der Waals surface area contributed by atoms with Crippen molar-refractivity contribution < 1.29 is 26.7 Å². The van der Waals surface area contributed by atoms with Crippen molar-refractivity contribution in [3.63, 3.8) is 0 Å². The minimum absolute atomic E-state index is 0.132. The van der Waals surface area contributed by atoms with Gasteiger partial charge in [-0.3, -0.25) is 4.79 Å². The van der Waals surface area contributed by atoms with Crippen molar-refractivity contribution in [1.29, 1.82) is 0 Å². The van der Waals surface area contributed by atoms with Crippen molar-refractivity contribution >= 4 is 53.0 Å². The molecule has 0 aliphatic carbocycles.